The molecule has 2 rings (SSSR count). The Morgan fingerprint density at radius 3 is 2.71 bits per heavy atom. The van der Waals surface area contributed by atoms with Crippen molar-refractivity contribution in [1.29, 1.82) is 0 Å². The van der Waals surface area contributed by atoms with Gasteiger partial charge >= 0.3 is 11.9 Å². The highest BCUT2D eigenvalue weighted by molar-refractivity contribution is 6.04. The molecule has 0 radical (unpaired) electrons. The van der Waals surface area contributed by atoms with Crippen LogP contribution in [0.25, 0.3) is 10.9 Å². The summed E-state index contributed by atoms with van der Waals surface area (Å²) >= 11 is 0. The number of rotatable bonds is 4. The van der Waals surface area contributed by atoms with Crippen LogP contribution in [0, 0.1) is 6.92 Å². The van der Waals surface area contributed by atoms with Gasteiger partial charge in [-0.3, -0.25) is 4.98 Å². The Labute approximate surface area is 122 Å². The van der Waals surface area contributed by atoms with Gasteiger partial charge in [0, 0.05) is 11.1 Å². The number of carbonyl (C=O) groups is 2. The molecule has 5 nitrogen and oxygen atoms in total. The lowest BCUT2D eigenvalue weighted by molar-refractivity contribution is -0.152. The fraction of sp³-hybridized carbons (Fsp3) is 0.312. The molecule has 0 spiro atoms. The number of esters is 2. The van der Waals surface area contributed by atoms with Gasteiger partial charge in [-0.1, -0.05) is 18.2 Å². The first-order valence-corrected chi connectivity index (χ1v) is 6.77. The predicted octanol–water partition coefficient (Wildman–Crippen LogP) is 2.65. The molecule has 1 unspecified atom stereocenters. The predicted molar refractivity (Wildman–Crippen MR) is 78.0 cm³/mol. The Morgan fingerprint density at radius 2 is 2.00 bits per heavy atom. The number of fused-ring (bicyclic) bond motifs is 1. The van der Waals surface area contributed by atoms with Crippen LogP contribution in [0.1, 0.15) is 29.9 Å². The number of carbonyl (C=O) groups excluding carboxylic acids is 2. The third kappa shape index (κ3) is 3.37. The van der Waals surface area contributed by atoms with Crippen molar-refractivity contribution in [1.82, 2.24) is 4.98 Å². The lowest BCUT2D eigenvalue weighted by Crippen LogP contribution is -2.26. The van der Waals surface area contributed by atoms with E-state index in [1.54, 1.807) is 26.0 Å². The number of nitrogens with zero attached hydrogens (tertiary/aromatic N) is 1. The van der Waals surface area contributed by atoms with Crippen molar-refractivity contribution < 1.29 is 19.1 Å². The third-order valence-electron chi connectivity index (χ3n) is 2.97. The van der Waals surface area contributed by atoms with E-state index < -0.39 is 18.0 Å². The SMILES string of the molecule is CCOC(=O)C(C)OC(=O)c1cc(C)nc2ccccc12. The minimum atomic E-state index is -0.940. The van der Waals surface area contributed by atoms with E-state index in [1.807, 2.05) is 18.2 Å². The topological polar surface area (TPSA) is 65.5 Å². The van der Waals surface area contributed by atoms with Crippen LogP contribution in [0.15, 0.2) is 30.3 Å². The molecule has 0 fully saturated rings. The van der Waals surface area contributed by atoms with Gasteiger partial charge in [-0.15, -0.1) is 0 Å². The molecule has 0 bridgehead atoms. The molecule has 0 aliphatic rings. The van der Waals surface area contributed by atoms with Crippen molar-refractivity contribution in [3.05, 3.63) is 41.6 Å². The molecule has 1 aromatic carbocycles. The summed E-state index contributed by atoms with van der Waals surface area (Å²) in [6.07, 6.45) is -0.940. The zero-order chi connectivity index (χ0) is 15.4. The standard InChI is InChI=1S/C16H17NO4/c1-4-20-15(18)11(3)21-16(19)13-9-10(2)17-14-8-6-5-7-12(13)14/h5-9,11H,4H2,1-3H3. The quantitative estimate of drug-likeness (QED) is 0.809. The summed E-state index contributed by atoms with van der Waals surface area (Å²) < 4.78 is 10.00. The summed E-state index contributed by atoms with van der Waals surface area (Å²) in [5, 5.41) is 0.698. The van der Waals surface area contributed by atoms with Crippen molar-refractivity contribution in [2.75, 3.05) is 6.61 Å². The number of benzene rings is 1. The second-order valence-corrected chi connectivity index (χ2v) is 4.63. The average molecular weight is 287 g/mol. The van der Waals surface area contributed by atoms with Crippen LogP contribution in [0.5, 0.6) is 0 Å². The Bertz CT molecular complexity index is 681. The van der Waals surface area contributed by atoms with E-state index in [0.29, 0.717) is 22.2 Å². The molecule has 1 heterocycles. The molecule has 1 aromatic heterocycles. The molecule has 0 saturated heterocycles. The van der Waals surface area contributed by atoms with Gasteiger partial charge in [0.25, 0.3) is 0 Å². The lowest BCUT2D eigenvalue weighted by Gasteiger charge is -2.13. The largest absolute Gasteiger partial charge is 0.463 e. The Balaban J connectivity index is 2.29. The van der Waals surface area contributed by atoms with Crippen LogP contribution < -0.4 is 0 Å². The molecule has 0 aliphatic heterocycles. The Hall–Kier alpha value is -2.43. The molecule has 0 amide bonds. The minimum absolute atomic E-state index is 0.248. The van der Waals surface area contributed by atoms with Crippen LogP contribution in [0.4, 0.5) is 0 Å². The third-order valence-corrected chi connectivity index (χ3v) is 2.97. The van der Waals surface area contributed by atoms with Crippen molar-refractivity contribution in [3.8, 4) is 0 Å². The Kier molecular flexibility index (Phi) is 4.52. The maximum absolute atomic E-state index is 12.3. The van der Waals surface area contributed by atoms with Crippen molar-refractivity contribution >= 4 is 22.8 Å². The maximum atomic E-state index is 12.3. The molecule has 5 heteroatoms. The van der Waals surface area contributed by atoms with E-state index in [2.05, 4.69) is 4.98 Å². The van der Waals surface area contributed by atoms with Gasteiger partial charge in [0.05, 0.1) is 17.7 Å². The summed E-state index contributed by atoms with van der Waals surface area (Å²) in [5.41, 5.74) is 1.83. The molecule has 0 saturated carbocycles. The summed E-state index contributed by atoms with van der Waals surface area (Å²) in [6, 6.07) is 8.96. The highest BCUT2D eigenvalue weighted by Crippen LogP contribution is 2.19. The summed E-state index contributed by atoms with van der Waals surface area (Å²) in [6.45, 7) is 5.24. The molecule has 2 aromatic rings. The molecule has 0 N–H and O–H groups in total. The van der Waals surface area contributed by atoms with Crippen LogP contribution in [0.2, 0.25) is 0 Å². The number of aryl methyl sites for hydroxylation is 1. The van der Waals surface area contributed by atoms with E-state index in [1.165, 1.54) is 6.92 Å². The normalized spacial score (nSPS) is 12.0. The van der Waals surface area contributed by atoms with Crippen LogP contribution >= 0.6 is 0 Å². The highest BCUT2D eigenvalue weighted by Gasteiger charge is 2.21. The fourth-order valence-electron chi connectivity index (χ4n) is 2.01. The smallest absolute Gasteiger partial charge is 0.347 e. The first-order valence-electron chi connectivity index (χ1n) is 6.77. The van der Waals surface area contributed by atoms with E-state index in [9.17, 15) is 9.59 Å². The van der Waals surface area contributed by atoms with Crippen LogP contribution in [-0.4, -0.2) is 29.6 Å². The van der Waals surface area contributed by atoms with E-state index in [-0.39, 0.29) is 6.61 Å². The van der Waals surface area contributed by atoms with Crippen LogP contribution in [0.3, 0.4) is 0 Å². The molecule has 110 valence electrons. The maximum Gasteiger partial charge on any atom is 0.347 e. The lowest BCUT2D eigenvalue weighted by atomic mass is 10.1. The average Bonchev–Trinajstić information content (AvgIpc) is 2.46. The van der Waals surface area contributed by atoms with Crippen molar-refractivity contribution in [3.63, 3.8) is 0 Å². The first kappa shape index (κ1) is 15.0. The van der Waals surface area contributed by atoms with Gasteiger partial charge < -0.3 is 9.47 Å². The number of hydrogen-bond acceptors (Lipinski definition) is 5. The van der Waals surface area contributed by atoms with Gasteiger partial charge in [0.1, 0.15) is 0 Å². The van der Waals surface area contributed by atoms with Gasteiger partial charge in [-0.25, -0.2) is 9.59 Å². The summed E-state index contributed by atoms with van der Waals surface area (Å²) in [4.78, 5) is 28.2. The van der Waals surface area contributed by atoms with Crippen molar-refractivity contribution in [2.45, 2.75) is 26.9 Å². The number of pyridine rings is 1. The number of ether oxygens (including phenoxy) is 2. The van der Waals surface area contributed by atoms with E-state index in [4.69, 9.17) is 9.47 Å². The highest BCUT2D eigenvalue weighted by atomic mass is 16.6. The van der Waals surface area contributed by atoms with Gasteiger partial charge in [0.2, 0.25) is 0 Å². The fourth-order valence-corrected chi connectivity index (χ4v) is 2.01. The van der Waals surface area contributed by atoms with E-state index >= 15 is 0 Å². The zero-order valence-corrected chi connectivity index (χ0v) is 12.3. The number of aromatic nitrogens is 1. The second kappa shape index (κ2) is 6.35. The monoisotopic (exact) mass is 287 g/mol. The van der Waals surface area contributed by atoms with Crippen molar-refractivity contribution in [2.24, 2.45) is 0 Å². The molecular formula is C16H17NO4. The van der Waals surface area contributed by atoms with Gasteiger partial charge in [-0.2, -0.15) is 0 Å². The minimum Gasteiger partial charge on any atom is -0.463 e. The molecule has 0 aliphatic carbocycles. The van der Waals surface area contributed by atoms with E-state index in [0.717, 1.165) is 0 Å². The molecular weight excluding hydrogens is 270 g/mol. The van der Waals surface area contributed by atoms with Crippen LogP contribution in [-0.2, 0) is 14.3 Å². The summed E-state index contributed by atoms with van der Waals surface area (Å²) in [7, 11) is 0. The molecule has 21 heavy (non-hydrogen) atoms. The molecule has 1 atom stereocenters. The Morgan fingerprint density at radius 1 is 1.29 bits per heavy atom. The van der Waals surface area contributed by atoms with Gasteiger partial charge in [-0.05, 0) is 32.9 Å². The number of para-hydroxylation sites is 1. The number of hydrogen-bond donors (Lipinski definition) is 0. The second-order valence-electron chi connectivity index (χ2n) is 4.63. The summed E-state index contributed by atoms with van der Waals surface area (Å²) in [5.74, 6) is -1.11. The first-order chi connectivity index (χ1) is 10.0. The zero-order valence-electron chi connectivity index (χ0n) is 12.3. The van der Waals surface area contributed by atoms with Gasteiger partial charge in [0.15, 0.2) is 6.10 Å².